The molecule has 3 fully saturated rings. The summed E-state index contributed by atoms with van der Waals surface area (Å²) in [6.07, 6.45) is 7.11. The van der Waals surface area contributed by atoms with Gasteiger partial charge in [0.1, 0.15) is 0 Å². The first-order valence-corrected chi connectivity index (χ1v) is 8.86. The van der Waals surface area contributed by atoms with Gasteiger partial charge in [0.2, 0.25) is 0 Å². The molecule has 0 aromatic carbocycles. The van der Waals surface area contributed by atoms with Crippen LogP contribution in [0.5, 0.6) is 0 Å². The zero-order valence-corrected chi connectivity index (χ0v) is 13.3. The molecule has 4 heteroatoms. The van der Waals surface area contributed by atoms with Crippen LogP contribution in [0.15, 0.2) is 0 Å². The fraction of sp³-hybridized carbons (Fsp3) is 0.941. The van der Waals surface area contributed by atoms with Crippen molar-refractivity contribution in [1.82, 2.24) is 9.80 Å². The molecule has 1 saturated heterocycles. The molecular weight excluding hydrogens is 264 g/mol. The minimum atomic E-state index is -0.574. The van der Waals surface area contributed by atoms with Crippen LogP contribution < -0.4 is 0 Å². The Morgan fingerprint density at radius 1 is 1.05 bits per heavy atom. The summed E-state index contributed by atoms with van der Waals surface area (Å²) in [5, 5.41) is 9.54. The van der Waals surface area contributed by atoms with Crippen LogP contribution in [0.2, 0.25) is 0 Å². The van der Waals surface area contributed by atoms with Crippen molar-refractivity contribution in [3.05, 3.63) is 0 Å². The van der Waals surface area contributed by atoms with Gasteiger partial charge >= 0.3 is 5.97 Å². The quantitative estimate of drug-likeness (QED) is 0.845. The van der Waals surface area contributed by atoms with E-state index in [1.54, 1.807) is 0 Å². The monoisotopic (exact) mass is 294 g/mol. The van der Waals surface area contributed by atoms with Crippen LogP contribution in [-0.2, 0) is 4.79 Å². The summed E-state index contributed by atoms with van der Waals surface area (Å²) >= 11 is 0. The Morgan fingerprint density at radius 2 is 1.71 bits per heavy atom. The summed E-state index contributed by atoms with van der Waals surface area (Å²) in [4.78, 5) is 16.7. The topological polar surface area (TPSA) is 43.8 Å². The second-order valence-corrected chi connectivity index (χ2v) is 7.38. The molecule has 0 bridgehead atoms. The minimum absolute atomic E-state index is 0.136. The molecule has 0 aromatic heterocycles. The van der Waals surface area contributed by atoms with Crippen molar-refractivity contribution < 1.29 is 9.90 Å². The lowest BCUT2D eigenvalue weighted by Gasteiger charge is -2.44. The standard InChI is InChI=1S/C17H30N2O2/c1-2-13-5-6-15(17(20)21)16(11-13)19-9-7-18(8-10-19)12-14-3-4-14/h13-16H,2-12H2,1H3,(H,20,21). The van der Waals surface area contributed by atoms with Gasteiger partial charge in [0, 0.05) is 38.8 Å². The van der Waals surface area contributed by atoms with Gasteiger partial charge in [-0.1, -0.05) is 13.3 Å². The van der Waals surface area contributed by atoms with Crippen molar-refractivity contribution in [2.75, 3.05) is 32.7 Å². The van der Waals surface area contributed by atoms with Crippen molar-refractivity contribution in [3.8, 4) is 0 Å². The first kappa shape index (κ1) is 15.3. The largest absolute Gasteiger partial charge is 0.481 e. The molecule has 0 spiro atoms. The second-order valence-electron chi connectivity index (χ2n) is 7.38. The molecule has 0 amide bonds. The molecule has 3 atom stereocenters. The highest BCUT2D eigenvalue weighted by molar-refractivity contribution is 5.71. The minimum Gasteiger partial charge on any atom is -0.481 e. The van der Waals surface area contributed by atoms with Crippen molar-refractivity contribution >= 4 is 5.97 Å². The Morgan fingerprint density at radius 3 is 2.29 bits per heavy atom. The molecule has 1 heterocycles. The molecule has 2 aliphatic carbocycles. The van der Waals surface area contributed by atoms with E-state index in [-0.39, 0.29) is 12.0 Å². The molecule has 1 N–H and O–H groups in total. The Bertz CT molecular complexity index is 362. The summed E-state index contributed by atoms with van der Waals surface area (Å²) in [6.45, 7) is 7.93. The van der Waals surface area contributed by atoms with Crippen molar-refractivity contribution in [2.24, 2.45) is 17.8 Å². The number of aliphatic carboxylic acids is 1. The average Bonchev–Trinajstić information content (AvgIpc) is 3.31. The summed E-state index contributed by atoms with van der Waals surface area (Å²) < 4.78 is 0. The molecular formula is C17H30N2O2. The van der Waals surface area contributed by atoms with Crippen LogP contribution in [-0.4, -0.2) is 59.6 Å². The van der Waals surface area contributed by atoms with Gasteiger partial charge in [-0.25, -0.2) is 0 Å². The van der Waals surface area contributed by atoms with Crippen LogP contribution in [0.4, 0.5) is 0 Å². The summed E-state index contributed by atoms with van der Waals surface area (Å²) in [6, 6.07) is 0.282. The lowest BCUT2D eigenvalue weighted by atomic mass is 9.76. The van der Waals surface area contributed by atoms with E-state index < -0.39 is 5.97 Å². The lowest BCUT2D eigenvalue weighted by molar-refractivity contribution is -0.146. The molecule has 2 saturated carbocycles. The van der Waals surface area contributed by atoms with Crippen LogP contribution in [0, 0.1) is 17.8 Å². The van der Waals surface area contributed by atoms with E-state index >= 15 is 0 Å². The van der Waals surface area contributed by atoms with Crippen LogP contribution in [0.1, 0.15) is 45.4 Å². The molecule has 0 aromatic rings. The van der Waals surface area contributed by atoms with Gasteiger partial charge in [0.25, 0.3) is 0 Å². The molecule has 3 aliphatic rings. The third-order valence-electron chi connectivity index (χ3n) is 5.91. The Hall–Kier alpha value is -0.610. The Balaban J connectivity index is 1.56. The van der Waals surface area contributed by atoms with E-state index in [1.165, 1.54) is 25.8 Å². The van der Waals surface area contributed by atoms with E-state index in [9.17, 15) is 9.90 Å². The normalized spacial score (nSPS) is 35.8. The highest BCUT2D eigenvalue weighted by atomic mass is 16.4. The molecule has 120 valence electrons. The van der Waals surface area contributed by atoms with E-state index in [4.69, 9.17) is 0 Å². The third-order valence-corrected chi connectivity index (χ3v) is 5.91. The Kier molecular flexibility index (Phi) is 4.85. The number of hydrogen-bond acceptors (Lipinski definition) is 3. The molecule has 3 rings (SSSR count). The number of piperazine rings is 1. The van der Waals surface area contributed by atoms with Crippen molar-refractivity contribution in [2.45, 2.75) is 51.5 Å². The van der Waals surface area contributed by atoms with Gasteiger partial charge in [0.05, 0.1) is 5.92 Å². The summed E-state index contributed by atoms with van der Waals surface area (Å²) in [5.74, 6) is 0.982. The smallest absolute Gasteiger partial charge is 0.308 e. The van der Waals surface area contributed by atoms with Crippen LogP contribution >= 0.6 is 0 Å². The van der Waals surface area contributed by atoms with E-state index in [0.29, 0.717) is 0 Å². The Labute approximate surface area is 128 Å². The van der Waals surface area contributed by atoms with Crippen molar-refractivity contribution in [1.29, 1.82) is 0 Å². The molecule has 3 unspecified atom stereocenters. The summed E-state index contributed by atoms with van der Waals surface area (Å²) in [5.41, 5.74) is 0. The zero-order valence-electron chi connectivity index (χ0n) is 13.3. The maximum absolute atomic E-state index is 11.6. The van der Waals surface area contributed by atoms with Gasteiger partial charge < -0.3 is 10.0 Å². The first-order valence-electron chi connectivity index (χ1n) is 8.86. The fourth-order valence-corrected chi connectivity index (χ4v) is 4.24. The summed E-state index contributed by atoms with van der Waals surface area (Å²) in [7, 11) is 0. The van der Waals surface area contributed by atoms with Gasteiger partial charge in [-0.05, 0) is 43.9 Å². The number of hydrogen-bond donors (Lipinski definition) is 1. The van der Waals surface area contributed by atoms with Crippen LogP contribution in [0.25, 0.3) is 0 Å². The first-order chi connectivity index (χ1) is 10.2. The average molecular weight is 294 g/mol. The number of rotatable bonds is 5. The number of nitrogens with zero attached hydrogens (tertiary/aromatic N) is 2. The molecule has 1 aliphatic heterocycles. The second kappa shape index (κ2) is 6.66. The van der Waals surface area contributed by atoms with Gasteiger partial charge in [0.15, 0.2) is 0 Å². The SMILES string of the molecule is CCC1CCC(C(=O)O)C(N2CCN(CC3CC3)CC2)C1. The predicted octanol–water partition coefficient (Wildman–Crippen LogP) is 2.29. The van der Waals surface area contributed by atoms with E-state index in [1.807, 2.05) is 0 Å². The maximum atomic E-state index is 11.6. The highest BCUT2D eigenvalue weighted by Gasteiger charge is 2.39. The molecule has 21 heavy (non-hydrogen) atoms. The van der Waals surface area contributed by atoms with Gasteiger partial charge in [-0.2, -0.15) is 0 Å². The van der Waals surface area contributed by atoms with E-state index in [0.717, 1.165) is 57.3 Å². The van der Waals surface area contributed by atoms with Crippen LogP contribution in [0.3, 0.4) is 0 Å². The highest BCUT2D eigenvalue weighted by Crippen LogP contribution is 2.35. The number of carboxylic acid groups (broad SMARTS) is 1. The zero-order chi connectivity index (χ0) is 14.8. The molecule has 0 radical (unpaired) electrons. The molecule has 4 nitrogen and oxygen atoms in total. The number of carboxylic acids is 1. The van der Waals surface area contributed by atoms with Gasteiger partial charge in [-0.15, -0.1) is 0 Å². The lowest BCUT2D eigenvalue weighted by Crippen LogP contribution is -2.55. The third kappa shape index (κ3) is 3.78. The van der Waals surface area contributed by atoms with Crippen molar-refractivity contribution in [3.63, 3.8) is 0 Å². The maximum Gasteiger partial charge on any atom is 0.308 e. The van der Waals surface area contributed by atoms with E-state index in [2.05, 4.69) is 16.7 Å². The fourth-order valence-electron chi connectivity index (χ4n) is 4.24. The number of carbonyl (C=O) groups is 1. The van der Waals surface area contributed by atoms with Gasteiger partial charge in [-0.3, -0.25) is 9.69 Å². The predicted molar refractivity (Wildman–Crippen MR) is 83.3 cm³/mol.